The van der Waals surface area contributed by atoms with Gasteiger partial charge in [-0.05, 0) is 19.8 Å². The molecule has 2 unspecified atom stereocenters. The molecule has 1 aliphatic rings. The van der Waals surface area contributed by atoms with Gasteiger partial charge in [-0.25, -0.2) is 0 Å². The Morgan fingerprint density at radius 1 is 0.960 bits per heavy atom. The van der Waals surface area contributed by atoms with E-state index in [1.807, 2.05) is 6.92 Å². The number of aliphatic imine (C=N–C) groups is 1. The number of aliphatic hydroxyl groups is 1. The molecule has 0 radical (unpaired) electrons. The van der Waals surface area contributed by atoms with Gasteiger partial charge < -0.3 is 10.4 Å². The molecule has 0 spiro atoms. The number of aliphatic hydroxyl groups excluding tert-OH is 1. The largest absolute Gasteiger partial charge is 0.391 e. The van der Waals surface area contributed by atoms with Crippen LogP contribution in [-0.4, -0.2) is 29.6 Å². The maximum Gasteiger partial charge on any atom is 0.101 e. The molecule has 1 heterocycles. The monoisotopic (exact) mass is 350 g/mol. The Balaban J connectivity index is 1.80. The highest BCUT2D eigenvalue weighted by Crippen LogP contribution is 2.12. The van der Waals surface area contributed by atoms with Crippen molar-refractivity contribution < 1.29 is 5.11 Å². The quantitative estimate of drug-likeness (QED) is 0.274. The van der Waals surface area contributed by atoms with Crippen LogP contribution in [0.4, 0.5) is 0 Å². The van der Waals surface area contributed by atoms with Crippen LogP contribution < -0.4 is 5.32 Å². The standard InChI is InChI=1S/C22H42N2O/c1-3-4-5-6-7-8-9-10-11-12-13-14-15-16-17-18-22-23-19-21(24-22)20(2)25/h16-17,20-21,25H,3-15,18-19H2,1-2H3,(H,23,24). The molecule has 0 fully saturated rings. The molecule has 0 aliphatic carbocycles. The van der Waals surface area contributed by atoms with Crippen molar-refractivity contribution in [1.29, 1.82) is 0 Å². The Labute approximate surface area is 156 Å². The van der Waals surface area contributed by atoms with Gasteiger partial charge >= 0.3 is 0 Å². The van der Waals surface area contributed by atoms with Gasteiger partial charge in [0, 0.05) is 6.42 Å². The first-order chi connectivity index (χ1) is 12.2. The Morgan fingerprint density at radius 3 is 2.04 bits per heavy atom. The average Bonchev–Trinajstić information content (AvgIpc) is 3.07. The number of nitrogens with zero attached hydrogens (tertiary/aromatic N) is 1. The lowest BCUT2D eigenvalue weighted by atomic mass is 10.0. The molecule has 1 aliphatic heterocycles. The van der Waals surface area contributed by atoms with Crippen molar-refractivity contribution in [3.8, 4) is 0 Å². The molecule has 146 valence electrons. The van der Waals surface area contributed by atoms with Crippen molar-refractivity contribution in [2.75, 3.05) is 6.54 Å². The van der Waals surface area contributed by atoms with E-state index in [-0.39, 0.29) is 12.1 Å². The van der Waals surface area contributed by atoms with Crippen molar-refractivity contribution in [1.82, 2.24) is 5.32 Å². The summed E-state index contributed by atoms with van der Waals surface area (Å²) in [5.74, 6) is 1.02. The first-order valence-corrected chi connectivity index (χ1v) is 10.9. The van der Waals surface area contributed by atoms with E-state index in [1.165, 1.54) is 83.5 Å². The lowest BCUT2D eigenvalue weighted by Crippen LogP contribution is -2.38. The fourth-order valence-corrected chi connectivity index (χ4v) is 3.33. The third kappa shape index (κ3) is 12.2. The van der Waals surface area contributed by atoms with Gasteiger partial charge in [-0.3, -0.25) is 4.99 Å². The second kappa shape index (κ2) is 15.4. The molecule has 0 aromatic carbocycles. The second-order valence-electron chi connectivity index (χ2n) is 7.63. The topological polar surface area (TPSA) is 44.6 Å². The molecule has 0 aromatic heterocycles. The molecule has 0 bridgehead atoms. The zero-order chi connectivity index (χ0) is 18.2. The normalized spacial score (nSPS) is 18.5. The van der Waals surface area contributed by atoms with Crippen molar-refractivity contribution in [2.45, 2.75) is 116 Å². The summed E-state index contributed by atoms with van der Waals surface area (Å²) in [5, 5.41) is 12.8. The van der Waals surface area contributed by atoms with E-state index in [9.17, 15) is 5.11 Å². The van der Waals surface area contributed by atoms with Crippen LogP contribution >= 0.6 is 0 Å². The third-order valence-electron chi connectivity index (χ3n) is 5.12. The number of rotatable bonds is 16. The summed E-state index contributed by atoms with van der Waals surface area (Å²) in [4.78, 5) is 4.44. The van der Waals surface area contributed by atoms with E-state index in [4.69, 9.17) is 0 Å². The lowest BCUT2D eigenvalue weighted by Gasteiger charge is -2.13. The van der Waals surface area contributed by atoms with E-state index in [0.29, 0.717) is 6.54 Å². The molecule has 2 atom stereocenters. The van der Waals surface area contributed by atoms with Crippen LogP contribution in [0.25, 0.3) is 0 Å². The van der Waals surface area contributed by atoms with E-state index in [0.717, 1.165) is 12.3 Å². The van der Waals surface area contributed by atoms with Gasteiger partial charge in [-0.1, -0.05) is 89.7 Å². The zero-order valence-corrected chi connectivity index (χ0v) is 16.8. The first kappa shape index (κ1) is 22.2. The molecule has 0 saturated carbocycles. The van der Waals surface area contributed by atoms with Crippen LogP contribution in [-0.2, 0) is 0 Å². The highest BCUT2D eigenvalue weighted by atomic mass is 16.3. The summed E-state index contributed by atoms with van der Waals surface area (Å²) in [6.07, 6.45) is 23.1. The van der Waals surface area contributed by atoms with Crippen LogP contribution in [0.3, 0.4) is 0 Å². The molecule has 0 aromatic rings. The minimum atomic E-state index is -0.328. The number of allylic oxidation sites excluding steroid dienone is 1. The average molecular weight is 351 g/mol. The number of hydrogen-bond acceptors (Lipinski definition) is 3. The first-order valence-electron chi connectivity index (χ1n) is 10.9. The minimum absolute atomic E-state index is 0.111. The molecule has 3 nitrogen and oxygen atoms in total. The van der Waals surface area contributed by atoms with Crippen molar-refractivity contribution in [3.05, 3.63) is 12.2 Å². The predicted octanol–water partition coefficient (Wildman–Crippen LogP) is 5.78. The fraction of sp³-hybridized carbons (Fsp3) is 0.864. The van der Waals surface area contributed by atoms with Crippen LogP contribution in [0, 0.1) is 0 Å². The number of unbranched alkanes of at least 4 members (excludes halogenated alkanes) is 12. The molecule has 25 heavy (non-hydrogen) atoms. The molecule has 3 heteroatoms. The van der Waals surface area contributed by atoms with Gasteiger partial charge in [0.15, 0.2) is 0 Å². The van der Waals surface area contributed by atoms with Gasteiger partial charge in [0.25, 0.3) is 0 Å². The highest BCUT2D eigenvalue weighted by Gasteiger charge is 2.20. The Kier molecular flexibility index (Phi) is 13.7. The zero-order valence-electron chi connectivity index (χ0n) is 16.8. The SMILES string of the molecule is CCCCCCCCCCCCCCC=CCC1=NCC(C(C)O)N1. The van der Waals surface area contributed by atoms with Crippen molar-refractivity contribution in [3.63, 3.8) is 0 Å². The Bertz CT molecular complexity index is 363. The fourth-order valence-electron chi connectivity index (χ4n) is 3.33. The van der Waals surface area contributed by atoms with Crippen molar-refractivity contribution >= 4 is 5.84 Å². The third-order valence-corrected chi connectivity index (χ3v) is 5.12. The van der Waals surface area contributed by atoms with Crippen LogP contribution in [0.1, 0.15) is 104 Å². The maximum atomic E-state index is 9.52. The van der Waals surface area contributed by atoms with Gasteiger partial charge in [0.2, 0.25) is 0 Å². The Morgan fingerprint density at radius 2 is 1.52 bits per heavy atom. The van der Waals surface area contributed by atoms with E-state index >= 15 is 0 Å². The second-order valence-corrected chi connectivity index (χ2v) is 7.63. The van der Waals surface area contributed by atoms with Crippen molar-refractivity contribution in [2.24, 2.45) is 4.99 Å². The van der Waals surface area contributed by atoms with Gasteiger partial charge in [-0.15, -0.1) is 0 Å². The van der Waals surface area contributed by atoms with Gasteiger partial charge in [0.05, 0.1) is 18.7 Å². The summed E-state index contributed by atoms with van der Waals surface area (Å²) >= 11 is 0. The van der Waals surface area contributed by atoms with Crippen LogP contribution in [0.5, 0.6) is 0 Å². The van der Waals surface area contributed by atoms with Gasteiger partial charge in [-0.2, -0.15) is 0 Å². The summed E-state index contributed by atoms with van der Waals surface area (Å²) in [6, 6.07) is 0.111. The molecule has 1 rings (SSSR count). The predicted molar refractivity (Wildman–Crippen MR) is 110 cm³/mol. The van der Waals surface area contributed by atoms with Crippen LogP contribution in [0.15, 0.2) is 17.1 Å². The lowest BCUT2D eigenvalue weighted by molar-refractivity contribution is 0.161. The summed E-state index contributed by atoms with van der Waals surface area (Å²) in [6.45, 7) is 4.81. The summed E-state index contributed by atoms with van der Waals surface area (Å²) < 4.78 is 0. The maximum absolute atomic E-state index is 9.52. The number of nitrogens with one attached hydrogen (secondary N) is 1. The number of amidine groups is 1. The smallest absolute Gasteiger partial charge is 0.101 e. The summed E-state index contributed by atoms with van der Waals surface area (Å²) in [7, 11) is 0. The summed E-state index contributed by atoms with van der Waals surface area (Å²) in [5.41, 5.74) is 0. The number of hydrogen-bond donors (Lipinski definition) is 2. The van der Waals surface area contributed by atoms with Gasteiger partial charge in [0.1, 0.15) is 5.84 Å². The molecule has 0 saturated heterocycles. The minimum Gasteiger partial charge on any atom is -0.391 e. The van der Waals surface area contributed by atoms with E-state index in [2.05, 4.69) is 29.4 Å². The molecular weight excluding hydrogens is 308 g/mol. The van der Waals surface area contributed by atoms with E-state index < -0.39 is 0 Å². The Hall–Kier alpha value is -0.830. The molecule has 0 amide bonds. The van der Waals surface area contributed by atoms with Crippen LogP contribution in [0.2, 0.25) is 0 Å². The van der Waals surface area contributed by atoms with E-state index in [1.54, 1.807) is 0 Å². The molecular formula is C22H42N2O. The molecule has 2 N–H and O–H groups in total. The highest BCUT2D eigenvalue weighted by molar-refractivity contribution is 5.85.